The summed E-state index contributed by atoms with van der Waals surface area (Å²) in [6, 6.07) is 14.0. The Balaban J connectivity index is 0.000000446. The molecule has 0 spiro atoms. The standard InChI is InChI=1S/C29H50N.C6H5ClO3S/c1-5-6-7-8-9-10-11-12-13-14-15-16-17-18-19-22-25-30-26(2)29(3,4)27-23-20-21-24-28(27)30;7-5-1-3-6(4-2-5)11(8,9)10/h20-21,23-24H,5-19,22,25H2,1-4H3;1-4H,(H,8,9,10)/q+1;/p-1. The van der Waals surface area contributed by atoms with Gasteiger partial charge < -0.3 is 4.55 Å². The van der Waals surface area contributed by atoms with Gasteiger partial charge in [-0.1, -0.05) is 127 Å². The molecule has 41 heavy (non-hydrogen) atoms. The zero-order chi connectivity index (χ0) is 30.1. The summed E-state index contributed by atoms with van der Waals surface area (Å²) >= 11 is 5.46. The molecule has 6 heteroatoms. The van der Waals surface area contributed by atoms with Gasteiger partial charge in [0.2, 0.25) is 5.69 Å². The number of hydrogen-bond acceptors (Lipinski definition) is 3. The number of nitrogens with zero attached hydrogens (tertiary/aromatic N) is 1. The Bertz CT molecular complexity index is 1160. The van der Waals surface area contributed by atoms with E-state index in [0.717, 1.165) is 0 Å². The summed E-state index contributed by atoms with van der Waals surface area (Å²) in [5, 5.41) is 0.400. The minimum Gasteiger partial charge on any atom is -0.744 e. The van der Waals surface area contributed by atoms with Crippen molar-refractivity contribution >= 4 is 33.1 Å². The molecule has 0 saturated heterocycles. The fourth-order valence-electron chi connectivity index (χ4n) is 5.66. The lowest BCUT2D eigenvalue weighted by molar-refractivity contribution is -0.439. The first kappa shape index (κ1) is 35.5. The summed E-state index contributed by atoms with van der Waals surface area (Å²) in [5.41, 5.74) is 4.65. The van der Waals surface area contributed by atoms with Gasteiger partial charge in [-0.15, -0.1) is 0 Å². The molecule has 0 aliphatic carbocycles. The Morgan fingerprint density at radius 3 is 1.61 bits per heavy atom. The molecule has 230 valence electrons. The summed E-state index contributed by atoms with van der Waals surface area (Å²) in [5.74, 6) is 0. The van der Waals surface area contributed by atoms with Crippen LogP contribution in [0.1, 0.15) is 136 Å². The molecule has 1 aliphatic rings. The van der Waals surface area contributed by atoms with Crippen LogP contribution in [-0.4, -0.2) is 29.8 Å². The number of fused-ring (bicyclic) bond motifs is 1. The minimum absolute atomic E-state index is 0.186. The van der Waals surface area contributed by atoms with Crippen LogP contribution >= 0.6 is 11.6 Å². The van der Waals surface area contributed by atoms with Gasteiger partial charge in [0.05, 0.1) is 10.3 Å². The predicted molar refractivity (Wildman–Crippen MR) is 174 cm³/mol. The molecule has 1 aliphatic heterocycles. The summed E-state index contributed by atoms with van der Waals surface area (Å²) in [7, 11) is -4.33. The van der Waals surface area contributed by atoms with E-state index in [1.807, 2.05) is 0 Å². The number of para-hydroxylation sites is 1. The largest absolute Gasteiger partial charge is 0.744 e. The third-order valence-electron chi connectivity index (χ3n) is 8.52. The third-order valence-corrected chi connectivity index (χ3v) is 9.62. The SMILES string of the molecule is CCCCCCCCCCCCCCCCCC[N+]1=C(C)C(C)(C)c2ccccc21.O=S(=O)([O-])c1ccc(Cl)cc1. The zero-order valence-corrected chi connectivity index (χ0v) is 27.7. The highest BCUT2D eigenvalue weighted by Gasteiger charge is 2.42. The first-order chi connectivity index (χ1) is 19.6. The van der Waals surface area contributed by atoms with Crippen molar-refractivity contribution in [2.75, 3.05) is 6.54 Å². The molecule has 0 amide bonds. The Hall–Kier alpha value is -1.69. The van der Waals surface area contributed by atoms with Crippen LogP contribution in [0.2, 0.25) is 5.02 Å². The van der Waals surface area contributed by atoms with Crippen LogP contribution in [0.5, 0.6) is 0 Å². The van der Waals surface area contributed by atoms with E-state index in [1.165, 1.54) is 151 Å². The highest BCUT2D eigenvalue weighted by atomic mass is 35.5. The van der Waals surface area contributed by atoms with E-state index < -0.39 is 10.1 Å². The molecule has 0 atom stereocenters. The van der Waals surface area contributed by atoms with Gasteiger partial charge in [0, 0.05) is 30.0 Å². The highest BCUT2D eigenvalue weighted by Crippen LogP contribution is 2.39. The van der Waals surface area contributed by atoms with Gasteiger partial charge in [-0.25, -0.2) is 8.42 Å². The van der Waals surface area contributed by atoms with Crippen molar-refractivity contribution < 1.29 is 17.5 Å². The molecule has 0 N–H and O–H groups in total. The average molecular weight is 604 g/mol. The van der Waals surface area contributed by atoms with Crippen molar-refractivity contribution in [2.24, 2.45) is 0 Å². The quantitative estimate of drug-likeness (QED) is 0.0967. The Morgan fingerprint density at radius 2 is 1.15 bits per heavy atom. The van der Waals surface area contributed by atoms with Gasteiger partial charge in [-0.05, 0) is 44.5 Å². The molecule has 0 bridgehead atoms. The molecule has 2 aromatic rings. The van der Waals surface area contributed by atoms with Gasteiger partial charge >= 0.3 is 0 Å². The molecule has 0 unspecified atom stereocenters. The minimum atomic E-state index is -4.33. The smallest absolute Gasteiger partial charge is 0.209 e. The Labute approximate surface area is 256 Å². The van der Waals surface area contributed by atoms with Gasteiger partial charge in [-0.3, -0.25) is 0 Å². The monoisotopic (exact) mass is 603 g/mol. The molecule has 0 saturated carbocycles. The Morgan fingerprint density at radius 1 is 0.707 bits per heavy atom. The van der Waals surface area contributed by atoms with Crippen LogP contribution in [0.25, 0.3) is 0 Å². The van der Waals surface area contributed by atoms with E-state index in [2.05, 4.69) is 56.5 Å². The average Bonchev–Trinajstić information content (AvgIpc) is 3.13. The molecule has 3 rings (SSSR count). The van der Waals surface area contributed by atoms with Crippen LogP contribution in [-0.2, 0) is 15.5 Å². The molecule has 4 nitrogen and oxygen atoms in total. The maximum absolute atomic E-state index is 10.3. The molecule has 0 fully saturated rings. The van der Waals surface area contributed by atoms with Crippen LogP contribution in [0.4, 0.5) is 5.69 Å². The first-order valence-corrected chi connectivity index (χ1v) is 17.8. The highest BCUT2D eigenvalue weighted by molar-refractivity contribution is 7.85. The lowest BCUT2D eigenvalue weighted by Crippen LogP contribution is -2.26. The summed E-state index contributed by atoms with van der Waals surface area (Å²) in [6.45, 7) is 10.6. The topological polar surface area (TPSA) is 60.2 Å². The number of rotatable bonds is 18. The van der Waals surface area contributed by atoms with E-state index in [4.69, 9.17) is 11.6 Å². The summed E-state index contributed by atoms with van der Waals surface area (Å²) in [4.78, 5) is -0.262. The summed E-state index contributed by atoms with van der Waals surface area (Å²) in [6.07, 6.45) is 23.0. The number of unbranched alkanes of at least 4 members (excludes halogenated alkanes) is 15. The van der Waals surface area contributed by atoms with Crippen molar-refractivity contribution in [3.8, 4) is 0 Å². The number of benzene rings is 2. The zero-order valence-electron chi connectivity index (χ0n) is 26.1. The fraction of sp³-hybridized carbons (Fsp3) is 0.629. The lowest BCUT2D eigenvalue weighted by atomic mass is 9.82. The van der Waals surface area contributed by atoms with Gasteiger partial charge in [-0.2, -0.15) is 4.58 Å². The van der Waals surface area contributed by atoms with Gasteiger partial charge in [0.15, 0.2) is 5.71 Å². The second kappa shape index (κ2) is 18.8. The van der Waals surface area contributed by atoms with Crippen molar-refractivity contribution in [3.05, 3.63) is 59.1 Å². The number of hydrogen-bond donors (Lipinski definition) is 0. The second-order valence-electron chi connectivity index (χ2n) is 12.1. The third kappa shape index (κ3) is 12.6. The van der Waals surface area contributed by atoms with E-state index in [0.29, 0.717) is 5.02 Å². The van der Waals surface area contributed by atoms with E-state index in [9.17, 15) is 13.0 Å². The molecule has 0 radical (unpaired) electrons. The van der Waals surface area contributed by atoms with E-state index in [-0.39, 0.29) is 10.3 Å². The second-order valence-corrected chi connectivity index (χ2v) is 13.9. The molecule has 2 aromatic carbocycles. The van der Waals surface area contributed by atoms with E-state index >= 15 is 0 Å². The maximum Gasteiger partial charge on any atom is 0.209 e. The molecular formula is C35H54ClNO3S. The van der Waals surface area contributed by atoms with Crippen molar-refractivity contribution in [3.63, 3.8) is 0 Å². The van der Waals surface area contributed by atoms with Crippen LogP contribution in [0.3, 0.4) is 0 Å². The lowest BCUT2D eigenvalue weighted by Gasteiger charge is -2.14. The summed E-state index contributed by atoms with van der Waals surface area (Å²) < 4.78 is 33.6. The fourth-order valence-corrected chi connectivity index (χ4v) is 6.25. The van der Waals surface area contributed by atoms with Crippen molar-refractivity contribution in [2.45, 2.75) is 141 Å². The Kier molecular flexibility index (Phi) is 16.3. The van der Waals surface area contributed by atoms with Gasteiger partial charge in [0.1, 0.15) is 16.7 Å². The molecule has 0 aromatic heterocycles. The van der Waals surface area contributed by atoms with Crippen molar-refractivity contribution in [1.29, 1.82) is 0 Å². The predicted octanol–water partition coefficient (Wildman–Crippen LogP) is 10.6. The normalized spacial score (nSPS) is 14.1. The molecule has 1 heterocycles. The maximum atomic E-state index is 10.3. The van der Waals surface area contributed by atoms with E-state index in [1.54, 1.807) is 0 Å². The van der Waals surface area contributed by atoms with Crippen LogP contribution in [0.15, 0.2) is 53.4 Å². The van der Waals surface area contributed by atoms with Crippen molar-refractivity contribution in [1.82, 2.24) is 0 Å². The van der Waals surface area contributed by atoms with Gasteiger partial charge in [0.25, 0.3) is 0 Å². The first-order valence-electron chi connectivity index (χ1n) is 16.0. The number of halogens is 1. The van der Waals surface area contributed by atoms with Crippen LogP contribution in [0, 0.1) is 0 Å². The van der Waals surface area contributed by atoms with Crippen LogP contribution < -0.4 is 0 Å². The molecular weight excluding hydrogens is 550 g/mol.